The maximum Gasteiger partial charge on any atom is 0.331 e. The zero-order valence-corrected chi connectivity index (χ0v) is 8.54. The summed E-state index contributed by atoms with van der Waals surface area (Å²) in [4.78, 5) is 10.5. The number of ether oxygens (including phenoxy) is 1. The van der Waals surface area contributed by atoms with Crippen LogP contribution < -0.4 is 0 Å². The zero-order valence-electron chi connectivity index (χ0n) is 8.54. The van der Waals surface area contributed by atoms with Gasteiger partial charge in [-0.1, -0.05) is 13.8 Å². The Bertz CT molecular complexity index is 185. The van der Waals surface area contributed by atoms with Crippen molar-refractivity contribution in [1.82, 2.24) is 0 Å². The van der Waals surface area contributed by atoms with Gasteiger partial charge in [0.15, 0.2) is 0 Å². The predicted octanol–water partition coefficient (Wildman–Crippen LogP) is 2.22. The largest absolute Gasteiger partial charge is 0.478 e. The van der Waals surface area contributed by atoms with Gasteiger partial charge in [-0.15, -0.1) is 0 Å². The van der Waals surface area contributed by atoms with Crippen LogP contribution in [0.3, 0.4) is 0 Å². The van der Waals surface area contributed by atoms with Crippen molar-refractivity contribution in [2.24, 2.45) is 0 Å². The molecule has 0 aromatic heterocycles. The highest BCUT2D eigenvalue weighted by Gasteiger charge is 2.06. The van der Waals surface area contributed by atoms with E-state index in [2.05, 4.69) is 0 Å². The number of hydrogen-bond donors (Lipinski definition) is 1. The fraction of sp³-hybridized carbons (Fsp3) is 0.700. The van der Waals surface area contributed by atoms with E-state index in [-0.39, 0.29) is 6.10 Å². The highest BCUT2D eigenvalue weighted by Crippen LogP contribution is 2.05. The molecule has 0 saturated carbocycles. The normalized spacial score (nSPS) is 14.2. The maximum atomic E-state index is 10.5. The van der Waals surface area contributed by atoms with Gasteiger partial charge in [0.1, 0.15) is 0 Å². The number of rotatable bonds is 6. The average Bonchev–Trinajstić information content (AvgIpc) is 2.11. The van der Waals surface area contributed by atoms with Crippen LogP contribution in [0.4, 0.5) is 0 Å². The van der Waals surface area contributed by atoms with Gasteiger partial charge in [0, 0.05) is 12.2 Å². The van der Waals surface area contributed by atoms with E-state index in [1.54, 1.807) is 13.0 Å². The lowest BCUT2D eigenvalue weighted by molar-refractivity contribution is -0.132. The Labute approximate surface area is 79.4 Å². The number of carbonyl (C=O) groups is 1. The summed E-state index contributed by atoms with van der Waals surface area (Å²) in [5.41, 5.74) is 0.350. The Morgan fingerprint density at radius 2 is 2.15 bits per heavy atom. The van der Waals surface area contributed by atoms with Crippen LogP contribution in [0.25, 0.3) is 0 Å². The van der Waals surface area contributed by atoms with Crippen LogP contribution in [-0.4, -0.2) is 23.8 Å². The molecule has 0 heterocycles. The molecule has 1 N–H and O–H groups in total. The monoisotopic (exact) mass is 186 g/mol. The minimum absolute atomic E-state index is 0.0592. The molecule has 0 aromatic carbocycles. The quantitative estimate of drug-likeness (QED) is 0.647. The van der Waals surface area contributed by atoms with Crippen molar-refractivity contribution < 1.29 is 14.6 Å². The molecule has 0 saturated heterocycles. The first-order valence-corrected chi connectivity index (χ1v) is 4.65. The van der Waals surface area contributed by atoms with E-state index in [9.17, 15) is 4.79 Å². The summed E-state index contributed by atoms with van der Waals surface area (Å²) in [6, 6.07) is 0. The van der Waals surface area contributed by atoms with Gasteiger partial charge in [-0.05, 0) is 25.8 Å². The molecule has 0 aliphatic rings. The van der Waals surface area contributed by atoms with E-state index in [1.807, 2.05) is 13.8 Å². The van der Waals surface area contributed by atoms with E-state index in [0.717, 1.165) is 12.8 Å². The van der Waals surface area contributed by atoms with Crippen molar-refractivity contribution in [3.63, 3.8) is 0 Å². The first kappa shape index (κ1) is 12.2. The summed E-state index contributed by atoms with van der Waals surface area (Å²) >= 11 is 0. The van der Waals surface area contributed by atoms with Gasteiger partial charge in [-0.25, -0.2) is 4.79 Å². The number of hydrogen-bond acceptors (Lipinski definition) is 2. The van der Waals surface area contributed by atoms with Crippen molar-refractivity contribution in [1.29, 1.82) is 0 Å². The molecule has 0 aliphatic carbocycles. The summed E-state index contributed by atoms with van der Waals surface area (Å²) in [6.45, 7) is 6.27. The van der Waals surface area contributed by atoms with Gasteiger partial charge in [0.25, 0.3) is 0 Å². The van der Waals surface area contributed by atoms with Crippen molar-refractivity contribution in [2.45, 2.75) is 39.7 Å². The molecular weight excluding hydrogens is 168 g/mol. The summed E-state index contributed by atoms with van der Waals surface area (Å²) in [5.74, 6) is -0.876. The molecule has 3 heteroatoms. The van der Waals surface area contributed by atoms with Crippen LogP contribution >= 0.6 is 0 Å². The van der Waals surface area contributed by atoms with Gasteiger partial charge in [0.05, 0.1) is 6.10 Å². The molecule has 0 spiro atoms. The second-order valence-electron chi connectivity index (χ2n) is 2.97. The molecule has 0 radical (unpaired) electrons. The summed E-state index contributed by atoms with van der Waals surface area (Å²) in [7, 11) is 0. The SMILES string of the molecule is CCCOC(C=C(C)C(=O)O)CC. The smallest absolute Gasteiger partial charge is 0.331 e. The predicted molar refractivity (Wildman–Crippen MR) is 51.7 cm³/mol. The van der Waals surface area contributed by atoms with Gasteiger partial charge in [0.2, 0.25) is 0 Å². The van der Waals surface area contributed by atoms with Crippen LogP contribution in [-0.2, 0) is 9.53 Å². The average molecular weight is 186 g/mol. The van der Waals surface area contributed by atoms with Gasteiger partial charge < -0.3 is 9.84 Å². The molecule has 0 bridgehead atoms. The second kappa shape index (κ2) is 6.66. The number of carboxylic acids is 1. The standard InChI is InChI=1S/C10H18O3/c1-4-6-13-9(5-2)7-8(3)10(11)12/h7,9H,4-6H2,1-3H3,(H,11,12). The summed E-state index contributed by atoms with van der Waals surface area (Å²) in [5, 5.41) is 8.63. The fourth-order valence-electron chi connectivity index (χ4n) is 0.903. The molecule has 0 aromatic rings. The highest BCUT2D eigenvalue weighted by atomic mass is 16.5. The molecule has 3 nitrogen and oxygen atoms in total. The van der Waals surface area contributed by atoms with Gasteiger partial charge in [-0.2, -0.15) is 0 Å². The van der Waals surface area contributed by atoms with E-state index in [0.29, 0.717) is 12.2 Å². The lowest BCUT2D eigenvalue weighted by Gasteiger charge is -2.11. The third-order valence-corrected chi connectivity index (χ3v) is 1.71. The molecule has 0 rings (SSSR count). The van der Waals surface area contributed by atoms with Crippen LogP contribution in [0.2, 0.25) is 0 Å². The molecule has 1 atom stereocenters. The topological polar surface area (TPSA) is 46.5 Å². The Hall–Kier alpha value is -0.830. The first-order valence-electron chi connectivity index (χ1n) is 4.65. The van der Waals surface area contributed by atoms with E-state index in [1.165, 1.54) is 0 Å². The number of aliphatic carboxylic acids is 1. The molecule has 0 fully saturated rings. The minimum Gasteiger partial charge on any atom is -0.478 e. The maximum absolute atomic E-state index is 10.5. The molecule has 76 valence electrons. The Morgan fingerprint density at radius 3 is 2.54 bits per heavy atom. The van der Waals surface area contributed by atoms with Crippen molar-refractivity contribution in [2.75, 3.05) is 6.61 Å². The number of carboxylic acid groups (broad SMARTS) is 1. The van der Waals surface area contributed by atoms with Gasteiger partial charge >= 0.3 is 5.97 Å². The second-order valence-corrected chi connectivity index (χ2v) is 2.97. The van der Waals surface area contributed by atoms with Crippen molar-refractivity contribution >= 4 is 5.97 Å². The minimum atomic E-state index is -0.876. The molecular formula is C10H18O3. The molecule has 1 unspecified atom stereocenters. The Balaban J connectivity index is 4.09. The molecule has 13 heavy (non-hydrogen) atoms. The zero-order chi connectivity index (χ0) is 10.3. The van der Waals surface area contributed by atoms with Crippen molar-refractivity contribution in [3.05, 3.63) is 11.6 Å². The summed E-state index contributed by atoms with van der Waals surface area (Å²) in [6.07, 6.45) is 3.37. The van der Waals surface area contributed by atoms with E-state index >= 15 is 0 Å². The van der Waals surface area contributed by atoms with Crippen molar-refractivity contribution in [3.8, 4) is 0 Å². The van der Waals surface area contributed by atoms with Crippen LogP contribution in [0.15, 0.2) is 11.6 Å². The Kier molecular flexibility index (Phi) is 6.24. The fourth-order valence-corrected chi connectivity index (χ4v) is 0.903. The lowest BCUT2D eigenvalue weighted by atomic mass is 10.2. The third-order valence-electron chi connectivity index (χ3n) is 1.71. The Morgan fingerprint density at radius 1 is 1.54 bits per heavy atom. The lowest BCUT2D eigenvalue weighted by Crippen LogP contribution is -2.11. The van der Waals surface area contributed by atoms with Gasteiger partial charge in [-0.3, -0.25) is 0 Å². The van der Waals surface area contributed by atoms with E-state index < -0.39 is 5.97 Å². The van der Waals surface area contributed by atoms with Crippen LogP contribution in [0.1, 0.15) is 33.6 Å². The third kappa shape index (κ3) is 5.42. The van der Waals surface area contributed by atoms with Crippen LogP contribution in [0.5, 0.6) is 0 Å². The molecule has 0 amide bonds. The van der Waals surface area contributed by atoms with Crippen LogP contribution in [0, 0.1) is 0 Å². The summed E-state index contributed by atoms with van der Waals surface area (Å²) < 4.78 is 5.42. The first-order chi connectivity index (χ1) is 6.11. The molecule has 0 aliphatic heterocycles. The highest BCUT2D eigenvalue weighted by molar-refractivity contribution is 5.85. The van der Waals surface area contributed by atoms with E-state index in [4.69, 9.17) is 9.84 Å².